The van der Waals surface area contributed by atoms with Crippen molar-refractivity contribution in [2.45, 2.75) is 44.2 Å². The average Bonchev–Trinajstić information content (AvgIpc) is 3.17. The van der Waals surface area contributed by atoms with Crippen molar-refractivity contribution in [3.8, 4) is 5.75 Å². The van der Waals surface area contributed by atoms with Crippen LogP contribution >= 0.6 is 12.4 Å². The van der Waals surface area contributed by atoms with Crippen LogP contribution in [0.4, 0.5) is 0 Å². The zero-order chi connectivity index (χ0) is 17.6. The Morgan fingerprint density at radius 1 is 1.23 bits per heavy atom. The summed E-state index contributed by atoms with van der Waals surface area (Å²) in [6.45, 7) is 2.31. The van der Waals surface area contributed by atoms with Gasteiger partial charge in [-0.15, -0.1) is 12.4 Å². The van der Waals surface area contributed by atoms with Gasteiger partial charge >= 0.3 is 0 Å². The number of rotatable bonds is 5. The number of carbonyl (C=O) groups excluding carboxylic acids is 2. The Morgan fingerprint density at radius 2 is 1.96 bits per heavy atom. The molecule has 2 saturated heterocycles. The molecule has 2 aliphatic heterocycles. The second-order valence-corrected chi connectivity index (χ2v) is 6.80. The number of benzene rings is 1. The molecule has 1 atom stereocenters. The molecule has 6 nitrogen and oxygen atoms in total. The number of piperidine rings is 1. The molecule has 0 aliphatic carbocycles. The van der Waals surface area contributed by atoms with Gasteiger partial charge in [-0.3, -0.25) is 9.59 Å². The average molecular weight is 382 g/mol. The highest BCUT2D eigenvalue weighted by molar-refractivity contribution is 5.85. The van der Waals surface area contributed by atoms with Crippen LogP contribution in [0.2, 0.25) is 0 Å². The van der Waals surface area contributed by atoms with Gasteiger partial charge in [0.15, 0.2) is 0 Å². The van der Waals surface area contributed by atoms with Crippen LogP contribution in [0.1, 0.15) is 31.2 Å². The number of carbonyl (C=O) groups is 2. The minimum absolute atomic E-state index is 0. The summed E-state index contributed by atoms with van der Waals surface area (Å²) in [6.07, 6.45) is 3.97. The highest BCUT2D eigenvalue weighted by Crippen LogP contribution is 2.20. The number of amides is 2. The summed E-state index contributed by atoms with van der Waals surface area (Å²) in [7, 11) is 1.62. The lowest BCUT2D eigenvalue weighted by Crippen LogP contribution is -2.50. The van der Waals surface area contributed by atoms with Gasteiger partial charge in [-0.25, -0.2) is 0 Å². The normalized spacial score (nSPS) is 20.3. The smallest absolute Gasteiger partial charge is 0.237 e. The number of hydrogen-bond donors (Lipinski definition) is 2. The van der Waals surface area contributed by atoms with E-state index in [-0.39, 0.29) is 36.3 Å². The Kier molecular flexibility index (Phi) is 7.72. The maximum atomic E-state index is 12.5. The summed E-state index contributed by atoms with van der Waals surface area (Å²) in [5.41, 5.74) is 0.915. The number of nitrogens with one attached hydrogen (secondary N) is 2. The third-order valence-corrected chi connectivity index (χ3v) is 5.11. The maximum absolute atomic E-state index is 12.5. The second-order valence-electron chi connectivity index (χ2n) is 6.80. The Labute approximate surface area is 161 Å². The molecule has 2 aliphatic rings. The van der Waals surface area contributed by atoms with Crippen LogP contribution in [-0.2, 0) is 16.0 Å². The van der Waals surface area contributed by atoms with Crippen LogP contribution in [-0.4, -0.2) is 55.5 Å². The van der Waals surface area contributed by atoms with Crippen molar-refractivity contribution in [3.05, 3.63) is 29.8 Å². The van der Waals surface area contributed by atoms with Crippen LogP contribution in [0.25, 0.3) is 0 Å². The maximum Gasteiger partial charge on any atom is 0.237 e. The first-order valence-corrected chi connectivity index (χ1v) is 9.11. The molecule has 1 aromatic carbocycles. The monoisotopic (exact) mass is 381 g/mol. The van der Waals surface area contributed by atoms with Crippen molar-refractivity contribution < 1.29 is 14.3 Å². The minimum Gasteiger partial charge on any atom is -0.496 e. The van der Waals surface area contributed by atoms with E-state index in [9.17, 15) is 9.59 Å². The van der Waals surface area contributed by atoms with E-state index in [0.717, 1.165) is 43.5 Å². The molecule has 3 rings (SSSR count). The van der Waals surface area contributed by atoms with Gasteiger partial charge in [0, 0.05) is 24.7 Å². The molecule has 0 aromatic heterocycles. The van der Waals surface area contributed by atoms with Gasteiger partial charge in [-0.1, -0.05) is 18.2 Å². The molecule has 2 N–H and O–H groups in total. The van der Waals surface area contributed by atoms with E-state index in [0.29, 0.717) is 19.5 Å². The molecule has 0 radical (unpaired) electrons. The molecule has 0 bridgehead atoms. The quantitative estimate of drug-likeness (QED) is 0.811. The van der Waals surface area contributed by atoms with Crippen LogP contribution in [0.15, 0.2) is 24.3 Å². The molecule has 2 amide bonds. The van der Waals surface area contributed by atoms with Crippen LogP contribution < -0.4 is 15.4 Å². The van der Waals surface area contributed by atoms with E-state index >= 15 is 0 Å². The fraction of sp³-hybridized carbons (Fsp3) is 0.579. The molecule has 7 heteroatoms. The summed E-state index contributed by atoms with van der Waals surface area (Å²) < 4.78 is 5.32. The molecule has 2 fully saturated rings. The van der Waals surface area contributed by atoms with Crippen molar-refractivity contribution in [1.29, 1.82) is 0 Å². The highest BCUT2D eigenvalue weighted by atomic mass is 35.5. The minimum atomic E-state index is -0.0368. The summed E-state index contributed by atoms with van der Waals surface area (Å²) in [6, 6.07) is 7.76. The number of hydrogen-bond acceptors (Lipinski definition) is 4. The standard InChI is InChI=1S/C19H27N3O3.ClH/c1-25-17-7-3-2-5-14(17)13-18(23)22-11-8-15(9-12-22)21-19(24)16-6-4-10-20-16;/h2-3,5,7,15-16,20H,4,6,8-13H2,1H3,(H,21,24);1H. The van der Waals surface area contributed by atoms with Gasteiger partial charge in [0.25, 0.3) is 0 Å². The number of nitrogens with zero attached hydrogens (tertiary/aromatic N) is 1. The van der Waals surface area contributed by atoms with Crippen LogP contribution in [0.3, 0.4) is 0 Å². The highest BCUT2D eigenvalue weighted by Gasteiger charge is 2.27. The zero-order valence-corrected chi connectivity index (χ0v) is 16.0. The molecular weight excluding hydrogens is 354 g/mol. The van der Waals surface area contributed by atoms with E-state index < -0.39 is 0 Å². The molecule has 26 heavy (non-hydrogen) atoms. The Balaban J connectivity index is 0.00000243. The van der Waals surface area contributed by atoms with Gasteiger partial charge < -0.3 is 20.3 Å². The molecular formula is C19H28ClN3O3. The lowest BCUT2D eigenvalue weighted by atomic mass is 10.0. The number of para-hydroxylation sites is 1. The Bertz CT molecular complexity index is 612. The number of halogens is 1. The first-order valence-electron chi connectivity index (χ1n) is 9.11. The van der Waals surface area contributed by atoms with Gasteiger partial charge in [-0.05, 0) is 38.3 Å². The van der Waals surface area contributed by atoms with E-state index in [2.05, 4.69) is 10.6 Å². The SMILES string of the molecule is COc1ccccc1CC(=O)N1CCC(NC(=O)C2CCCN2)CC1.Cl. The van der Waals surface area contributed by atoms with Gasteiger partial charge in [0.1, 0.15) is 5.75 Å². The second kappa shape index (κ2) is 9.78. The van der Waals surface area contributed by atoms with Crippen molar-refractivity contribution >= 4 is 24.2 Å². The van der Waals surface area contributed by atoms with Gasteiger partial charge in [0.05, 0.1) is 19.6 Å². The molecule has 144 valence electrons. The zero-order valence-electron chi connectivity index (χ0n) is 15.2. The van der Waals surface area contributed by atoms with Crippen LogP contribution in [0, 0.1) is 0 Å². The third kappa shape index (κ3) is 5.11. The lowest BCUT2D eigenvalue weighted by Gasteiger charge is -2.33. The van der Waals surface area contributed by atoms with E-state index in [1.165, 1.54) is 0 Å². The van der Waals surface area contributed by atoms with E-state index in [4.69, 9.17) is 4.74 Å². The van der Waals surface area contributed by atoms with E-state index in [1.54, 1.807) is 7.11 Å². The number of likely N-dealkylation sites (tertiary alicyclic amines) is 1. The molecule has 1 unspecified atom stereocenters. The third-order valence-electron chi connectivity index (χ3n) is 5.11. The fourth-order valence-corrected chi connectivity index (χ4v) is 3.61. The predicted octanol–water partition coefficient (Wildman–Crippen LogP) is 1.52. The van der Waals surface area contributed by atoms with Crippen molar-refractivity contribution in [3.63, 3.8) is 0 Å². The molecule has 1 aromatic rings. The summed E-state index contributed by atoms with van der Waals surface area (Å²) >= 11 is 0. The Hall–Kier alpha value is -1.79. The molecule has 0 saturated carbocycles. The van der Waals surface area contributed by atoms with Crippen molar-refractivity contribution in [1.82, 2.24) is 15.5 Å². The number of ether oxygens (including phenoxy) is 1. The summed E-state index contributed by atoms with van der Waals surface area (Å²) in [5.74, 6) is 0.977. The topological polar surface area (TPSA) is 70.7 Å². The van der Waals surface area contributed by atoms with Gasteiger partial charge in [0.2, 0.25) is 11.8 Å². The molecule has 2 heterocycles. The lowest BCUT2D eigenvalue weighted by molar-refractivity contribution is -0.131. The fourth-order valence-electron chi connectivity index (χ4n) is 3.61. The summed E-state index contributed by atoms with van der Waals surface area (Å²) in [5, 5.41) is 6.35. The van der Waals surface area contributed by atoms with Crippen LogP contribution in [0.5, 0.6) is 5.75 Å². The first kappa shape index (κ1) is 20.5. The molecule has 0 spiro atoms. The van der Waals surface area contributed by atoms with E-state index in [1.807, 2.05) is 29.2 Å². The predicted molar refractivity (Wildman–Crippen MR) is 103 cm³/mol. The first-order chi connectivity index (χ1) is 12.2. The largest absolute Gasteiger partial charge is 0.496 e. The number of methoxy groups -OCH3 is 1. The van der Waals surface area contributed by atoms with Crippen molar-refractivity contribution in [2.75, 3.05) is 26.7 Å². The summed E-state index contributed by atoms with van der Waals surface area (Å²) in [4.78, 5) is 26.6. The Morgan fingerprint density at radius 3 is 2.62 bits per heavy atom. The van der Waals surface area contributed by atoms with Crippen molar-refractivity contribution in [2.24, 2.45) is 0 Å². The van der Waals surface area contributed by atoms with Gasteiger partial charge in [-0.2, -0.15) is 0 Å².